The van der Waals surface area contributed by atoms with E-state index in [9.17, 15) is 58.2 Å². The van der Waals surface area contributed by atoms with Crippen LogP contribution in [0.4, 0.5) is 0 Å². The number of thiol groups is 1. The van der Waals surface area contributed by atoms with Crippen LogP contribution in [0.15, 0.2) is 30.3 Å². The van der Waals surface area contributed by atoms with E-state index in [2.05, 4.69) is 60.5 Å². The number of nitrogens with two attached hydrogens (primary N) is 3. The van der Waals surface area contributed by atoms with E-state index in [4.69, 9.17) is 17.2 Å². The molecule has 448 valence electrons. The molecule has 79 heavy (non-hydrogen) atoms. The molecular weight excluding hydrogens is 1060 g/mol. The van der Waals surface area contributed by atoms with Crippen molar-refractivity contribution in [1.82, 2.24) is 47.9 Å². The normalized spacial score (nSPS) is 15.6. The average Bonchev–Trinajstić information content (AvgIpc) is 3.38. The highest BCUT2D eigenvalue weighted by Gasteiger charge is 2.36. The first-order valence-corrected chi connectivity index (χ1v) is 29.2. The first-order valence-electron chi connectivity index (χ1n) is 27.1. The minimum atomic E-state index is -1.58. The third-order valence-electron chi connectivity index (χ3n) is 12.6. The summed E-state index contributed by atoms with van der Waals surface area (Å²) in [6.07, 6.45) is 3.12. The van der Waals surface area contributed by atoms with E-state index < -0.39 is 132 Å². The molecule has 0 aliphatic heterocycles. The summed E-state index contributed by atoms with van der Waals surface area (Å²) in [5.41, 5.74) is 18.0. The van der Waals surface area contributed by atoms with Gasteiger partial charge in [0.25, 0.3) is 0 Å². The molecule has 0 bridgehead atoms. The Morgan fingerprint density at radius 1 is 0.519 bits per heavy atom. The van der Waals surface area contributed by atoms with E-state index in [1.807, 2.05) is 27.7 Å². The third kappa shape index (κ3) is 27.5. The van der Waals surface area contributed by atoms with Crippen LogP contribution >= 0.6 is 24.4 Å². The third-order valence-corrected chi connectivity index (χ3v) is 13.6. The molecule has 1 rings (SSSR count). The van der Waals surface area contributed by atoms with E-state index in [-0.39, 0.29) is 56.2 Å². The van der Waals surface area contributed by atoms with Gasteiger partial charge in [-0.1, -0.05) is 78.3 Å². The summed E-state index contributed by atoms with van der Waals surface area (Å²) in [5, 5.41) is 43.8. The fourth-order valence-electron chi connectivity index (χ4n) is 8.03. The van der Waals surface area contributed by atoms with Crippen molar-refractivity contribution < 1.29 is 58.2 Å². The molecule has 0 saturated heterocycles. The van der Waals surface area contributed by atoms with Crippen molar-refractivity contribution in [3.63, 3.8) is 0 Å². The fourth-order valence-corrected chi connectivity index (χ4v) is 8.75. The second-order valence-corrected chi connectivity index (χ2v) is 22.3. The van der Waals surface area contributed by atoms with Gasteiger partial charge in [-0.25, -0.2) is 4.79 Å². The van der Waals surface area contributed by atoms with Gasteiger partial charge in [0.2, 0.25) is 53.2 Å². The van der Waals surface area contributed by atoms with Crippen molar-refractivity contribution >= 4 is 83.5 Å². The highest BCUT2D eigenvalue weighted by molar-refractivity contribution is 7.98. The molecule has 0 radical (unpaired) electrons. The molecule has 17 N–H and O–H groups in total. The number of unbranched alkanes of at least 4 members (excludes halogenated alkanes) is 2. The van der Waals surface area contributed by atoms with Crippen molar-refractivity contribution in [3.05, 3.63) is 35.9 Å². The monoisotopic (exact) mass is 1150 g/mol. The highest BCUT2D eigenvalue weighted by atomic mass is 32.2. The Kier molecular flexibility index (Phi) is 34.5. The standard InChI is InChI=1S/C53H92N12O12S2/c1-29(2)25-38(48(71)62-40(53(76)77)26-30(3)4)60-49(72)39(27-34-17-11-10-12-18-34)61-50(73)41(28-78)63-46(69)36(20-14-16-23-55)59-47(70)37(21-24-79-9)58-44(67)32(7)57-52(75)43(33(8)66)65-51(74)42(31(5)6)64-45(68)35(56)19-13-15-22-54/h10-12,17-18,29-33,35-43,66,78H,13-16,19-28,54-56H2,1-9H3,(H,57,75)(H,58,67)(H,59,70)(H,60,72)(H,61,73)(H,62,71)(H,63,69)(H,64,68)(H,65,74)(H,76,77)/t32-,33+,35-,36-,37-,38-,39-,40-,41-,42-,43-/m0/s1. The average molecular weight is 1150 g/mol. The van der Waals surface area contributed by atoms with E-state index >= 15 is 0 Å². The number of carboxylic acid groups (broad SMARTS) is 1. The van der Waals surface area contributed by atoms with E-state index in [0.717, 1.165) is 0 Å². The second-order valence-electron chi connectivity index (χ2n) is 21.0. The van der Waals surface area contributed by atoms with Gasteiger partial charge < -0.3 is 75.3 Å². The Morgan fingerprint density at radius 3 is 1.48 bits per heavy atom. The smallest absolute Gasteiger partial charge is 0.326 e. The van der Waals surface area contributed by atoms with Crippen molar-refractivity contribution in [3.8, 4) is 0 Å². The number of hydrogen-bond acceptors (Lipinski definition) is 16. The van der Waals surface area contributed by atoms with E-state index in [0.29, 0.717) is 50.0 Å². The van der Waals surface area contributed by atoms with Crippen LogP contribution in [0.1, 0.15) is 119 Å². The van der Waals surface area contributed by atoms with Gasteiger partial charge in [-0.2, -0.15) is 24.4 Å². The van der Waals surface area contributed by atoms with E-state index in [1.165, 1.54) is 25.6 Å². The Labute approximate surface area is 475 Å². The van der Waals surface area contributed by atoms with Crippen LogP contribution in [0.25, 0.3) is 0 Å². The summed E-state index contributed by atoms with van der Waals surface area (Å²) in [6.45, 7) is 13.9. The maximum atomic E-state index is 14.1. The van der Waals surface area contributed by atoms with Crippen molar-refractivity contribution in [2.24, 2.45) is 35.0 Å². The van der Waals surface area contributed by atoms with Crippen LogP contribution in [-0.4, -0.2) is 167 Å². The number of carbonyl (C=O) groups is 10. The number of aliphatic carboxylic acids is 1. The predicted octanol–water partition coefficient (Wildman–Crippen LogP) is -0.906. The van der Waals surface area contributed by atoms with Gasteiger partial charge in [-0.15, -0.1) is 0 Å². The number of nitrogens with one attached hydrogen (secondary N) is 9. The number of carbonyl (C=O) groups excluding carboxylic acids is 9. The molecule has 11 atom stereocenters. The number of rotatable bonds is 39. The number of thioether (sulfide) groups is 1. The lowest BCUT2D eigenvalue weighted by molar-refractivity contribution is -0.143. The molecule has 24 nitrogen and oxygen atoms in total. The maximum Gasteiger partial charge on any atom is 0.326 e. The summed E-state index contributed by atoms with van der Waals surface area (Å²) in [4.78, 5) is 136. The minimum Gasteiger partial charge on any atom is -0.480 e. The maximum absolute atomic E-state index is 14.1. The van der Waals surface area contributed by atoms with Crippen LogP contribution in [0.2, 0.25) is 0 Å². The van der Waals surface area contributed by atoms with Crippen LogP contribution < -0.4 is 65.1 Å². The lowest BCUT2D eigenvalue weighted by atomic mass is 9.99. The molecule has 0 heterocycles. The Bertz CT molecular complexity index is 2110. The van der Waals surface area contributed by atoms with Gasteiger partial charge in [0.15, 0.2) is 0 Å². The van der Waals surface area contributed by atoms with Gasteiger partial charge in [-0.3, -0.25) is 43.2 Å². The molecule has 0 aliphatic rings. The van der Waals surface area contributed by atoms with Crippen molar-refractivity contribution in [1.29, 1.82) is 0 Å². The molecule has 26 heteroatoms. The van der Waals surface area contributed by atoms with Crippen LogP contribution in [0.3, 0.4) is 0 Å². The van der Waals surface area contributed by atoms with Crippen molar-refractivity contribution in [2.75, 3.05) is 30.9 Å². The SMILES string of the molecule is CSCC[C@H](NC(=O)[C@H](C)NC(=O)[C@@H](NC(=O)[C@@H](NC(=O)[C@@H](N)CCCCN)C(C)C)[C@@H](C)O)C(=O)N[C@@H](CCCCN)C(=O)N[C@@H](CS)C(=O)N[C@@H](Cc1ccccc1)C(=O)N[C@@H](CC(C)C)C(=O)N[C@@H](CC(C)C)C(=O)O. The number of carboxylic acids is 1. The topological polar surface area (TPSA) is 397 Å². The molecule has 0 saturated carbocycles. The fraction of sp³-hybridized carbons (Fsp3) is 0.698. The molecule has 0 fully saturated rings. The number of amides is 9. The predicted molar refractivity (Wildman–Crippen MR) is 307 cm³/mol. The molecule has 0 spiro atoms. The zero-order valence-electron chi connectivity index (χ0n) is 47.4. The molecular formula is C53H92N12O12S2. The zero-order valence-corrected chi connectivity index (χ0v) is 49.1. The summed E-state index contributed by atoms with van der Waals surface area (Å²) in [5.74, 6) is -8.73. The number of aliphatic hydroxyl groups is 1. The molecule has 0 aromatic heterocycles. The number of hydrogen-bond donors (Lipinski definition) is 15. The highest BCUT2D eigenvalue weighted by Crippen LogP contribution is 2.13. The van der Waals surface area contributed by atoms with Crippen molar-refractivity contribution in [2.45, 2.75) is 186 Å². The van der Waals surface area contributed by atoms with Crippen LogP contribution in [-0.2, 0) is 54.4 Å². The number of aliphatic hydroxyl groups excluding tert-OH is 1. The van der Waals surface area contributed by atoms with Crippen LogP contribution in [0.5, 0.6) is 0 Å². The largest absolute Gasteiger partial charge is 0.480 e. The molecule has 0 unspecified atom stereocenters. The summed E-state index contributed by atoms with van der Waals surface area (Å²) >= 11 is 5.71. The van der Waals surface area contributed by atoms with Gasteiger partial charge in [-0.05, 0) is 114 Å². The molecule has 1 aromatic carbocycles. The Balaban J connectivity index is 3.35. The van der Waals surface area contributed by atoms with E-state index in [1.54, 1.807) is 50.4 Å². The van der Waals surface area contributed by atoms with Crippen LogP contribution in [0, 0.1) is 17.8 Å². The lowest BCUT2D eigenvalue weighted by Crippen LogP contribution is -2.62. The van der Waals surface area contributed by atoms with Gasteiger partial charge in [0, 0.05) is 12.2 Å². The Morgan fingerprint density at radius 2 is 0.962 bits per heavy atom. The van der Waals surface area contributed by atoms with Gasteiger partial charge in [0.05, 0.1) is 12.1 Å². The quantitative estimate of drug-likeness (QED) is 0.0280. The molecule has 0 aliphatic carbocycles. The second kappa shape index (κ2) is 38.2. The Hall–Kier alpha value is -5.54. The zero-order chi connectivity index (χ0) is 59.9. The molecule has 1 aromatic rings. The van der Waals surface area contributed by atoms with Gasteiger partial charge >= 0.3 is 5.97 Å². The number of benzene rings is 1. The first kappa shape index (κ1) is 71.5. The molecule has 9 amide bonds. The minimum absolute atomic E-state index is 0.0416. The van der Waals surface area contributed by atoms with Gasteiger partial charge in [0.1, 0.15) is 54.4 Å². The summed E-state index contributed by atoms with van der Waals surface area (Å²) in [6, 6.07) is -3.79. The summed E-state index contributed by atoms with van der Waals surface area (Å²) < 4.78 is 0. The summed E-state index contributed by atoms with van der Waals surface area (Å²) in [7, 11) is 0. The lowest BCUT2D eigenvalue weighted by Gasteiger charge is -2.28. The first-order chi connectivity index (χ1) is 37.2.